The Morgan fingerprint density at radius 1 is 0.633 bits per heavy atom. The van der Waals surface area contributed by atoms with Crippen LogP contribution in [0.3, 0.4) is 0 Å². The second-order valence-electron chi connectivity index (χ2n) is 7.54. The lowest BCUT2D eigenvalue weighted by Crippen LogP contribution is -2.27. The fraction of sp³-hybridized carbons (Fsp3) is 0.957. The van der Waals surface area contributed by atoms with Crippen molar-refractivity contribution in [2.45, 2.75) is 90.3 Å². The molecule has 0 rings (SSSR count). The van der Waals surface area contributed by atoms with Crippen LogP contribution in [0.1, 0.15) is 78.1 Å². The summed E-state index contributed by atoms with van der Waals surface area (Å²) in [6, 6.07) is 0. The summed E-state index contributed by atoms with van der Waals surface area (Å²) in [5, 5.41) is 0. The average Bonchev–Trinajstić information content (AvgIpc) is 2.75. The first-order chi connectivity index (χ1) is 14.7. The lowest BCUT2D eigenvalue weighted by molar-refractivity contribution is -0.0529. The highest BCUT2D eigenvalue weighted by atomic mass is 16.7. The van der Waals surface area contributed by atoms with E-state index in [2.05, 4.69) is 13.8 Å². The Kier molecular flexibility index (Phi) is 22.1. The molecule has 0 saturated carbocycles. The van der Waals surface area contributed by atoms with Crippen molar-refractivity contribution in [1.82, 2.24) is 0 Å². The van der Waals surface area contributed by atoms with E-state index in [0.29, 0.717) is 26.4 Å². The van der Waals surface area contributed by atoms with Crippen molar-refractivity contribution in [3.63, 3.8) is 0 Å². The van der Waals surface area contributed by atoms with E-state index < -0.39 is 6.16 Å². The van der Waals surface area contributed by atoms with Crippen molar-refractivity contribution >= 4 is 6.16 Å². The van der Waals surface area contributed by atoms with Crippen LogP contribution in [0.25, 0.3) is 0 Å². The van der Waals surface area contributed by atoms with Gasteiger partial charge in [-0.2, -0.15) is 0 Å². The van der Waals surface area contributed by atoms with Crippen molar-refractivity contribution in [2.75, 3.05) is 53.9 Å². The summed E-state index contributed by atoms with van der Waals surface area (Å²) >= 11 is 0. The lowest BCUT2D eigenvalue weighted by atomic mass is 10.1. The molecule has 0 N–H and O–H groups in total. The van der Waals surface area contributed by atoms with Gasteiger partial charge in [0, 0.05) is 14.2 Å². The number of carbonyl (C=O) groups is 1. The van der Waals surface area contributed by atoms with Gasteiger partial charge in [-0.25, -0.2) is 4.79 Å². The Bertz CT molecular complexity index is 333. The van der Waals surface area contributed by atoms with Gasteiger partial charge in [-0.3, -0.25) is 0 Å². The molecule has 0 amide bonds. The molecule has 0 aliphatic rings. The van der Waals surface area contributed by atoms with Gasteiger partial charge in [0.15, 0.2) is 0 Å². The molecule has 2 atom stereocenters. The van der Waals surface area contributed by atoms with Crippen LogP contribution in [0, 0.1) is 0 Å². The molecule has 0 aromatic rings. The highest BCUT2D eigenvalue weighted by molar-refractivity contribution is 5.59. The number of hydrogen-bond donors (Lipinski definition) is 0. The largest absolute Gasteiger partial charge is 0.508 e. The van der Waals surface area contributed by atoms with Gasteiger partial charge in [-0.15, -0.1) is 0 Å². The Balaban J connectivity index is 4.26. The van der Waals surface area contributed by atoms with Gasteiger partial charge in [-0.1, -0.05) is 65.2 Å². The molecule has 0 aliphatic heterocycles. The van der Waals surface area contributed by atoms with Crippen LogP contribution in [0.15, 0.2) is 0 Å². The molecule has 180 valence electrons. The van der Waals surface area contributed by atoms with Gasteiger partial charge in [0.05, 0.1) is 38.6 Å². The summed E-state index contributed by atoms with van der Waals surface area (Å²) in [5.74, 6) is 0. The van der Waals surface area contributed by atoms with Crippen molar-refractivity contribution in [1.29, 1.82) is 0 Å². The third-order valence-electron chi connectivity index (χ3n) is 4.82. The van der Waals surface area contributed by atoms with Crippen molar-refractivity contribution in [2.24, 2.45) is 0 Å². The molecule has 0 spiro atoms. The van der Waals surface area contributed by atoms with E-state index in [9.17, 15) is 4.79 Å². The minimum atomic E-state index is -0.669. The van der Waals surface area contributed by atoms with E-state index >= 15 is 0 Å². The molecular formula is C23H46O7. The van der Waals surface area contributed by atoms with Gasteiger partial charge in [0.25, 0.3) is 0 Å². The van der Waals surface area contributed by atoms with Crippen molar-refractivity contribution < 1.29 is 33.2 Å². The smallest absolute Gasteiger partial charge is 0.432 e. The molecular weight excluding hydrogens is 388 g/mol. The summed E-state index contributed by atoms with van der Waals surface area (Å²) in [5.41, 5.74) is 0. The highest BCUT2D eigenvalue weighted by Crippen LogP contribution is 2.11. The summed E-state index contributed by atoms with van der Waals surface area (Å²) in [7, 11) is 3.28. The zero-order valence-electron chi connectivity index (χ0n) is 19.8. The molecule has 30 heavy (non-hydrogen) atoms. The number of methoxy groups -OCH3 is 2. The zero-order valence-corrected chi connectivity index (χ0v) is 19.8. The molecule has 7 heteroatoms. The minimum Gasteiger partial charge on any atom is -0.432 e. The second-order valence-corrected chi connectivity index (χ2v) is 7.54. The maximum atomic E-state index is 12.1. The van der Waals surface area contributed by atoms with E-state index in [1.165, 1.54) is 25.7 Å². The third-order valence-corrected chi connectivity index (χ3v) is 4.82. The monoisotopic (exact) mass is 434 g/mol. The van der Waals surface area contributed by atoms with Crippen molar-refractivity contribution in [3.8, 4) is 0 Å². The third kappa shape index (κ3) is 19.1. The zero-order chi connectivity index (χ0) is 22.3. The SMILES string of the molecule is CCCCCCC(COC(=O)OCC(CCCCCC)OCCOC)OCCOC. The van der Waals surface area contributed by atoms with Crippen LogP contribution in [0.2, 0.25) is 0 Å². The van der Waals surface area contributed by atoms with Crippen LogP contribution in [0.5, 0.6) is 0 Å². The first kappa shape index (κ1) is 29.1. The first-order valence-electron chi connectivity index (χ1n) is 11.7. The van der Waals surface area contributed by atoms with Crippen LogP contribution >= 0.6 is 0 Å². The van der Waals surface area contributed by atoms with Crippen LogP contribution in [-0.2, 0) is 28.4 Å². The van der Waals surface area contributed by atoms with E-state index in [-0.39, 0.29) is 25.4 Å². The predicted molar refractivity (Wildman–Crippen MR) is 118 cm³/mol. The highest BCUT2D eigenvalue weighted by Gasteiger charge is 2.16. The Morgan fingerprint density at radius 3 is 1.43 bits per heavy atom. The average molecular weight is 435 g/mol. The maximum Gasteiger partial charge on any atom is 0.508 e. The first-order valence-corrected chi connectivity index (χ1v) is 11.7. The second kappa shape index (κ2) is 22.8. The quantitative estimate of drug-likeness (QED) is 0.172. The van der Waals surface area contributed by atoms with Gasteiger partial charge in [0.1, 0.15) is 13.2 Å². The van der Waals surface area contributed by atoms with E-state index in [4.69, 9.17) is 28.4 Å². The van der Waals surface area contributed by atoms with Crippen LogP contribution in [-0.4, -0.2) is 72.2 Å². The summed E-state index contributed by atoms with van der Waals surface area (Å²) in [4.78, 5) is 12.1. The van der Waals surface area contributed by atoms with E-state index in [0.717, 1.165) is 38.5 Å². The fourth-order valence-electron chi connectivity index (χ4n) is 2.99. The van der Waals surface area contributed by atoms with Gasteiger partial charge in [0.2, 0.25) is 0 Å². The van der Waals surface area contributed by atoms with Gasteiger partial charge in [-0.05, 0) is 12.8 Å². The van der Waals surface area contributed by atoms with Gasteiger partial charge < -0.3 is 28.4 Å². The molecule has 0 radical (unpaired) electrons. The van der Waals surface area contributed by atoms with Crippen LogP contribution < -0.4 is 0 Å². The Hall–Kier alpha value is -0.890. The molecule has 0 aromatic heterocycles. The fourth-order valence-corrected chi connectivity index (χ4v) is 2.99. The number of rotatable bonds is 22. The van der Waals surface area contributed by atoms with E-state index in [1.807, 2.05) is 0 Å². The molecule has 0 heterocycles. The van der Waals surface area contributed by atoms with Crippen molar-refractivity contribution in [3.05, 3.63) is 0 Å². The Labute approximate surface area is 184 Å². The normalized spacial score (nSPS) is 13.2. The Morgan fingerprint density at radius 2 is 1.07 bits per heavy atom. The number of ether oxygens (including phenoxy) is 6. The summed E-state index contributed by atoms with van der Waals surface area (Å²) in [6.07, 6.45) is 9.98. The molecule has 0 bridgehead atoms. The molecule has 0 saturated heterocycles. The topological polar surface area (TPSA) is 72.5 Å². The molecule has 0 fully saturated rings. The van der Waals surface area contributed by atoms with Gasteiger partial charge >= 0.3 is 6.16 Å². The lowest BCUT2D eigenvalue weighted by Gasteiger charge is -2.20. The van der Waals surface area contributed by atoms with Crippen LogP contribution in [0.4, 0.5) is 4.79 Å². The minimum absolute atomic E-state index is 0.132. The predicted octanol–water partition coefficient (Wildman–Crippen LogP) is 5.14. The molecule has 7 nitrogen and oxygen atoms in total. The summed E-state index contributed by atoms with van der Waals surface area (Å²) < 4.78 is 32.2. The number of unbranched alkanes of at least 4 members (excludes halogenated alkanes) is 6. The number of hydrogen-bond acceptors (Lipinski definition) is 7. The number of carbonyl (C=O) groups excluding carboxylic acids is 1. The standard InChI is InChI=1S/C23H46O7/c1-5-7-9-11-13-21(27-17-15-25-3)19-29-23(24)30-20-22(28-18-16-26-4)14-12-10-8-6-2/h21-22H,5-20H2,1-4H3. The molecule has 0 aliphatic carbocycles. The molecule has 0 aromatic carbocycles. The maximum absolute atomic E-state index is 12.1. The van der Waals surface area contributed by atoms with E-state index in [1.54, 1.807) is 14.2 Å². The summed E-state index contributed by atoms with van der Waals surface area (Å²) in [6.45, 7) is 6.77. The molecule has 2 unspecified atom stereocenters.